The molecule has 12 nitrogen and oxygen atoms in total. The lowest BCUT2D eigenvalue weighted by Gasteiger charge is -2.34. The molecule has 2 atom stereocenters. The summed E-state index contributed by atoms with van der Waals surface area (Å²) in [5.41, 5.74) is -1.70. The van der Waals surface area contributed by atoms with E-state index in [-0.39, 0.29) is 34.4 Å². The van der Waals surface area contributed by atoms with E-state index in [4.69, 9.17) is 74.3 Å². The van der Waals surface area contributed by atoms with Gasteiger partial charge in [0.1, 0.15) is 11.3 Å². The molecule has 2 unspecified atom stereocenters. The molecule has 2 aromatic rings. The summed E-state index contributed by atoms with van der Waals surface area (Å²) >= 11 is 30.2. The standard InChI is InChI=1S/C22H23N3O6.C3Cl6O3/c1-11(2)13-8-9-14-17(10-13)31-22(28)15-6-5-7-16(25(29)30)18(15)19(26)21(14,22)24-20(27)23-12(3)4;4-2(5,6)11-1(10)12-3(7,8)9/h5-12,28H,1-4H3,(H2,23,24,27);. The predicted octanol–water partition coefficient (Wildman–Crippen LogP) is 6.85. The van der Waals surface area contributed by atoms with E-state index < -0.39 is 47.9 Å². The second kappa shape index (κ2) is 12.5. The number of urea groups is 1. The molecule has 4 rings (SSSR count). The summed E-state index contributed by atoms with van der Waals surface area (Å²) in [6.45, 7) is 7.46. The Bertz CT molecular complexity index is 1440. The Morgan fingerprint density at radius 1 is 1.00 bits per heavy atom. The van der Waals surface area contributed by atoms with Crippen LogP contribution in [0.1, 0.15) is 60.7 Å². The molecule has 0 aromatic heterocycles. The lowest BCUT2D eigenvalue weighted by atomic mass is 9.82. The van der Waals surface area contributed by atoms with Crippen LogP contribution >= 0.6 is 69.6 Å². The zero-order valence-electron chi connectivity index (χ0n) is 22.5. The lowest BCUT2D eigenvalue weighted by molar-refractivity contribution is -0.385. The van der Waals surface area contributed by atoms with E-state index in [0.717, 1.165) is 5.56 Å². The quantitative estimate of drug-likeness (QED) is 0.132. The van der Waals surface area contributed by atoms with Crippen molar-refractivity contribution in [3.8, 4) is 5.75 Å². The number of nitrogens with one attached hydrogen (secondary N) is 2. The topological polar surface area (TPSA) is 166 Å². The Hall–Kier alpha value is -2.45. The average molecular weight is 722 g/mol. The number of rotatable bonds is 4. The molecule has 43 heavy (non-hydrogen) atoms. The highest BCUT2D eigenvalue weighted by atomic mass is 35.6. The number of hydrogen-bond acceptors (Lipinski definition) is 9. The SMILES string of the molecule is CC(C)NC(=O)NC12C(=O)c3c([N+](=O)[O-])cccc3C1(O)Oc1cc(C(C)C)ccc12.O=C(OC(Cl)(Cl)Cl)OC(Cl)(Cl)Cl. The Morgan fingerprint density at radius 2 is 1.58 bits per heavy atom. The Labute approximate surface area is 274 Å². The highest BCUT2D eigenvalue weighted by Crippen LogP contribution is 2.59. The normalized spacial score (nSPS) is 20.3. The fourth-order valence-electron chi connectivity index (χ4n) is 4.53. The second-order valence-electron chi connectivity index (χ2n) is 9.79. The largest absolute Gasteiger partial charge is 0.515 e. The summed E-state index contributed by atoms with van der Waals surface area (Å²) in [5, 5.41) is 28.6. The van der Waals surface area contributed by atoms with Crippen molar-refractivity contribution in [1.29, 1.82) is 0 Å². The predicted molar refractivity (Wildman–Crippen MR) is 159 cm³/mol. The molecule has 2 amide bonds. The molecule has 2 aliphatic rings. The number of amides is 2. The van der Waals surface area contributed by atoms with Crippen LogP contribution in [0, 0.1) is 10.1 Å². The first kappa shape index (κ1) is 35.0. The second-order valence-corrected chi connectivity index (χ2v) is 14.1. The minimum absolute atomic E-state index is 0.0566. The summed E-state index contributed by atoms with van der Waals surface area (Å²) in [7, 11) is 0. The van der Waals surface area contributed by atoms with Gasteiger partial charge in [-0.15, -0.1) is 0 Å². The zero-order valence-corrected chi connectivity index (χ0v) is 27.1. The Balaban J connectivity index is 0.000000359. The molecule has 1 heterocycles. The van der Waals surface area contributed by atoms with Crippen molar-refractivity contribution in [2.24, 2.45) is 0 Å². The number of nitro groups is 1. The third kappa shape index (κ3) is 7.28. The number of alkyl halides is 6. The summed E-state index contributed by atoms with van der Waals surface area (Å²) < 4.78 is 9.42. The number of ether oxygens (including phenoxy) is 3. The first-order valence-electron chi connectivity index (χ1n) is 12.2. The molecule has 0 saturated heterocycles. The number of aliphatic hydroxyl groups is 1. The number of halogens is 6. The lowest BCUT2D eigenvalue weighted by Crippen LogP contribution is -2.62. The van der Waals surface area contributed by atoms with Crippen LogP contribution in [0.15, 0.2) is 36.4 Å². The molecular formula is C25H23Cl6N3O9. The van der Waals surface area contributed by atoms with E-state index in [1.807, 2.05) is 13.8 Å². The van der Waals surface area contributed by atoms with Crippen molar-refractivity contribution in [3.05, 3.63) is 68.8 Å². The van der Waals surface area contributed by atoms with Crippen molar-refractivity contribution >= 4 is 93.3 Å². The van der Waals surface area contributed by atoms with Gasteiger partial charge in [-0.25, -0.2) is 9.59 Å². The maximum atomic E-state index is 13.7. The van der Waals surface area contributed by atoms with Crippen LogP contribution in [0.2, 0.25) is 0 Å². The van der Waals surface area contributed by atoms with Crippen LogP contribution in [0.3, 0.4) is 0 Å². The van der Waals surface area contributed by atoms with Crippen molar-refractivity contribution < 1.29 is 38.6 Å². The molecular weight excluding hydrogens is 699 g/mol. The molecule has 0 radical (unpaired) electrons. The number of carbonyl (C=O) groups excluding carboxylic acids is 3. The van der Waals surface area contributed by atoms with E-state index in [1.54, 1.807) is 32.0 Å². The van der Waals surface area contributed by atoms with Crippen LogP contribution in [-0.4, -0.2) is 42.0 Å². The molecule has 0 fully saturated rings. The smallest absolute Gasteiger partial charge is 0.454 e. The first-order chi connectivity index (χ1) is 19.6. The van der Waals surface area contributed by atoms with E-state index in [1.165, 1.54) is 18.2 Å². The van der Waals surface area contributed by atoms with E-state index in [2.05, 4.69) is 20.1 Å². The summed E-state index contributed by atoms with van der Waals surface area (Å²) in [6, 6.07) is 8.12. The van der Waals surface area contributed by atoms with E-state index >= 15 is 0 Å². The summed E-state index contributed by atoms with van der Waals surface area (Å²) in [5.74, 6) is -2.74. The number of carbonyl (C=O) groups is 3. The highest BCUT2D eigenvalue weighted by molar-refractivity contribution is 6.67. The molecule has 0 saturated carbocycles. The molecule has 234 valence electrons. The Morgan fingerprint density at radius 3 is 2.07 bits per heavy atom. The fourth-order valence-corrected chi connectivity index (χ4v) is 4.91. The average Bonchev–Trinajstić information content (AvgIpc) is 3.18. The molecule has 0 bridgehead atoms. The third-order valence-corrected chi connectivity index (χ3v) is 6.60. The van der Waals surface area contributed by atoms with Crippen LogP contribution in [0.5, 0.6) is 5.75 Å². The van der Waals surface area contributed by atoms with Gasteiger partial charge in [-0.3, -0.25) is 14.9 Å². The molecule has 1 aliphatic heterocycles. The number of ketones is 1. The minimum Gasteiger partial charge on any atom is -0.454 e. The van der Waals surface area contributed by atoms with Crippen LogP contribution in [0.4, 0.5) is 15.3 Å². The Kier molecular flexibility index (Phi) is 10.2. The maximum Gasteiger partial charge on any atom is 0.515 e. The third-order valence-electron chi connectivity index (χ3n) is 6.13. The number of Topliss-reactive ketones (excluding diaryl/α,β-unsaturated/α-hetero) is 1. The summed E-state index contributed by atoms with van der Waals surface area (Å²) in [6.07, 6.45) is -1.41. The van der Waals surface area contributed by atoms with Gasteiger partial charge in [-0.05, 0) is 101 Å². The first-order valence-corrected chi connectivity index (χ1v) is 14.4. The highest BCUT2D eigenvalue weighted by Gasteiger charge is 2.73. The van der Waals surface area contributed by atoms with Gasteiger partial charge in [0, 0.05) is 23.2 Å². The number of fused-ring (bicyclic) bond motifs is 5. The van der Waals surface area contributed by atoms with E-state index in [0.29, 0.717) is 0 Å². The van der Waals surface area contributed by atoms with Gasteiger partial charge < -0.3 is 30.0 Å². The van der Waals surface area contributed by atoms with Gasteiger partial charge in [-0.1, -0.05) is 38.1 Å². The zero-order chi connectivity index (χ0) is 32.7. The van der Waals surface area contributed by atoms with Crippen LogP contribution in [0.25, 0.3) is 0 Å². The molecule has 2 aromatic carbocycles. The van der Waals surface area contributed by atoms with Crippen molar-refractivity contribution in [2.45, 2.75) is 58.9 Å². The van der Waals surface area contributed by atoms with Crippen molar-refractivity contribution in [1.82, 2.24) is 10.6 Å². The van der Waals surface area contributed by atoms with Crippen LogP contribution < -0.4 is 15.4 Å². The number of nitro benzene ring substituents is 1. The maximum absolute atomic E-state index is 13.7. The fraction of sp³-hybridized carbons (Fsp3) is 0.400. The van der Waals surface area contributed by atoms with Gasteiger partial charge in [0.05, 0.1) is 4.92 Å². The van der Waals surface area contributed by atoms with Gasteiger partial charge in [0.2, 0.25) is 11.3 Å². The van der Waals surface area contributed by atoms with Crippen molar-refractivity contribution in [3.63, 3.8) is 0 Å². The minimum atomic E-state index is -2.34. The molecule has 0 spiro atoms. The molecule has 3 N–H and O–H groups in total. The monoisotopic (exact) mass is 719 g/mol. The number of benzene rings is 2. The van der Waals surface area contributed by atoms with Crippen LogP contribution in [-0.2, 0) is 20.8 Å². The van der Waals surface area contributed by atoms with Gasteiger partial charge in [0.25, 0.3) is 11.5 Å². The van der Waals surface area contributed by atoms with Gasteiger partial charge in [-0.2, -0.15) is 0 Å². The van der Waals surface area contributed by atoms with E-state index in [9.17, 15) is 29.6 Å². The van der Waals surface area contributed by atoms with Gasteiger partial charge >= 0.3 is 20.1 Å². The van der Waals surface area contributed by atoms with Crippen molar-refractivity contribution in [2.75, 3.05) is 0 Å². The van der Waals surface area contributed by atoms with Gasteiger partial charge in [0.15, 0.2) is 0 Å². The molecule has 18 heteroatoms. The molecule has 1 aliphatic carbocycles. The number of hydrogen-bond donors (Lipinski definition) is 3. The number of nitrogens with zero attached hydrogens (tertiary/aromatic N) is 1. The summed E-state index contributed by atoms with van der Waals surface area (Å²) in [4.78, 5) is 47.9.